The number of rotatable bonds is 2. The van der Waals surface area contributed by atoms with Gasteiger partial charge in [-0.15, -0.1) is 0 Å². The lowest BCUT2D eigenvalue weighted by Crippen LogP contribution is -2.12. The molecule has 0 saturated carbocycles. The molecule has 5 heteroatoms. The zero-order valence-electron chi connectivity index (χ0n) is 10.2. The maximum atomic E-state index is 11.8. The molecule has 1 aliphatic rings. The molecule has 0 N–H and O–H groups in total. The Balaban J connectivity index is 2.46. The molecule has 0 atom stereocenters. The Bertz CT molecular complexity index is 463. The fourth-order valence-corrected chi connectivity index (χ4v) is 2.19. The molecule has 0 amide bonds. The summed E-state index contributed by atoms with van der Waals surface area (Å²) in [5, 5.41) is 4.16. The number of ether oxygens (including phenoxy) is 1. The molecule has 1 aromatic heterocycles. The smallest absolute Gasteiger partial charge is 0.356 e. The second-order valence-electron chi connectivity index (χ2n) is 4.15. The van der Waals surface area contributed by atoms with E-state index in [0.29, 0.717) is 24.4 Å². The standard InChI is InChI=1S/C12H16N2O3/c1-3-17-12(16)11-8-6-4-5-7-9(15)10(8)13-14(11)2/h3-7H2,1-2H3. The number of fused-ring (bicyclic) bond motifs is 1. The third-order valence-corrected chi connectivity index (χ3v) is 2.96. The Labute approximate surface area is 99.8 Å². The summed E-state index contributed by atoms with van der Waals surface area (Å²) >= 11 is 0. The maximum absolute atomic E-state index is 11.8. The predicted octanol–water partition coefficient (Wildman–Crippen LogP) is 1.51. The van der Waals surface area contributed by atoms with Crippen LogP contribution in [0.3, 0.4) is 0 Å². The lowest BCUT2D eigenvalue weighted by Gasteiger charge is -2.04. The fraction of sp³-hybridized carbons (Fsp3) is 0.583. The molecule has 0 fully saturated rings. The normalized spacial score (nSPS) is 15.3. The molecule has 1 aromatic rings. The van der Waals surface area contributed by atoms with Gasteiger partial charge in [0.2, 0.25) is 0 Å². The Morgan fingerprint density at radius 2 is 2.12 bits per heavy atom. The Kier molecular flexibility index (Phi) is 3.26. The van der Waals surface area contributed by atoms with Crippen LogP contribution in [0.15, 0.2) is 0 Å². The summed E-state index contributed by atoms with van der Waals surface area (Å²) < 4.78 is 6.46. The fourth-order valence-electron chi connectivity index (χ4n) is 2.19. The van der Waals surface area contributed by atoms with E-state index in [0.717, 1.165) is 24.8 Å². The number of hydrogen-bond acceptors (Lipinski definition) is 4. The van der Waals surface area contributed by atoms with Crippen molar-refractivity contribution < 1.29 is 14.3 Å². The van der Waals surface area contributed by atoms with Crippen LogP contribution in [0.1, 0.15) is 52.7 Å². The number of esters is 1. The Morgan fingerprint density at radius 1 is 1.41 bits per heavy atom. The maximum Gasteiger partial charge on any atom is 0.356 e. The van der Waals surface area contributed by atoms with Crippen LogP contribution in [0.4, 0.5) is 0 Å². The van der Waals surface area contributed by atoms with Crippen LogP contribution in [0, 0.1) is 0 Å². The molecule has 5 nitrogen and oxygen atoms in total. The zero-order valence-corrected chi connectivity index (χ0v) is 10.2. The Morgan fingerprint density at radius 3 is 2.82 bits per heavy atom. The summed E-state index contributed by atoms with van der Waals surface area (Å²) in [6, 6.07) is 0. The first kappa shape index (κ1) is 11.8. The highest BCUT2D eigenvalue weighted by molar-refractivity contribution is 6.00. The molecule has 0 saturated heterocycles. The number of carbonyl (C=O) groups excluding carboxylic acids is 2. The summed E-state index contributed by atoms with van der Waals surface area (Å²) in [5.41, 5.74) is 1.64. The average molecular weight is 236 g/mol. The van der Waals surface area contributed by atoms with Gasteiger partial charge in [0.05, 0.1) is 6.61 Å². The molecule has 0 aromatic carbocycles. The van der Waals surface area contributed by atoms with Crippen molar-refractivity contribution in [3.63, 3.8) is 0 Å². The van der Waals surface area contributed by atoms with E-state index in [1.807, 2.05) is 0 Å². The molecular formula is C12H16N2O3. The van der Waals surface area contributed by atoms with Crippen LogP contribution in [0.5, 0.6) is 0 Å². The number of aryl methyl sites for hydroxylation is 1. The van der Waals surface area contributed by atoms with Crippen molar-refractivity contribution in [1.82, 2.24) is 9.78 Å². The SMILES string of the molecule is CCOC(=O)c1c2c(nn1C)C(=O)CCCC2. The van der Waals surface area contributed by atoms with Crippen molar-refractivity contribution in [2.24, 2.45) is 7.05 Å². The molecule has 0 spiro atoms. The van der Waals surface area contributed by atoms with E-state index in [2.05, 4.69) is 5.10 Å². The van der Waals surface area contributed by atoms with Gasteiger partial charge in [-0.3, -0.25) is 9.48 Å². The zero-order chi connectivity index (χ0) is 12.4. The van der Waals surface area contributed by atoms with Crippen molar-refractivity contribution in [2.75, 3.05) is 6.61 Å². The summed E-state index contributed by atoms with van der Waals surface area (Å²) in [4.78, 5) is 23.6. The van der Waals surface area contributed by atoms with Crippen molar-refractivity contribution in [2.45, 2.75) is 32.6 Å². The van der Waals surface area contributed by atoms with Crippen LogP contribution in [0.25, 0.3) is 0 Å². The van der Waals surface area contributed by atoms with Crippen LogP contribution in [-0.2, 0) is 18.2 Å². The number of ketones is 1. The van der Waals surface area contributed by atoms with Gasteiger partial charge < -0.3 is 4.74 Å². The van der Waals surface area contributed by atoms with Crippen molar-refractivity contribution in [1.29, 1.82) is 0 Å². The van der Waals surface area contributed by atoms with E-state index in [1.54, 1.807) is 14.0 Å². The number of hydrogen-bond donors (Lipinski definition) is 0. The topological polar surface area (TPSA) is 61.2 Å². The van der Waals surface area contributed by atoms with Gasteiger partial charge in [-0.2, -0.15) is 5.10 Å². The van der Waals surface area contributed by atoms with Crippen molar-refractivity contribution >= 4 is 11.8 Å². The van der Waals surface area contributed by atoms with Gasteiger partial charge in [0, 0.05) is 19.0 Å². The van der Waals surface area contributed by atoms with Crippen LogP contribution in [0.2, 0.25) is 0 Å². The van der Waals surface area contributed by atoms with E-state index in [4.69, 9.17) is 4.74 Å². The highest BCUT2D eigenvalue weighted by Gasteiger charge is 2.27. The van der Waals surface area contributed by atoms with Gasteiger partial charge in [0.1, 0.15) is 11.4 Å². The lowest BCUT2D eigenvalue weighted by atomic mass is 10.1. The van der Waals surface area contributed by atoms with Crippen molar-refractivity contribution in [3.05, 3.63) is 17.0 Å². The molecule has 0 radical (unpaired) electrons. The molecule has 2 rings (SSSR count). The van der Waals surface area contributed by atoms with Gasteiger partial charge >= 0.3 is 5.97 Å². The van der Waals surface area contributed by atoms with E-state index >= 15 is 0 Å². The number of nitrogens with zero attached hydrogens (tertiary/aromatic N) is 2. The second kappa shape index (κ2) is 4.69. The van der Waals surface area contributed by atoms with E-state index in [9.17, 15) is 9.59 Å². The summed E-state index contributed by atoms with van der Waals surface area (Å²) in [5.74, 6) is -0.359. The minimum absolute atomic E-state index is 0.0312. The molecular weight excluding hydrogens is 220 g/mol. The predicted molar refractivity (Wildman–Crippen MR) is 61.1 cm³/mol. The van der Waals surface area contributed by atoms with Gasteiger partial charge in [-0.05, 0) is 26.2 Å². The molecule has 0 unspecified atom stereocenters. The number of Topliss-reactive ketones (excluding diaryl/α,β-unsaturated/α-hetero) is 1. The quantitative estimate of drug-likeness (QED) is 0.576. The minimum Gasteiger partial charge on any atom is -0.461 e. The van der Waals surface area contributed by atoms with Gasteiger partial charge in [0.15, 0.2) is 5.78 Å². The van der Waals surface area contributed by atoms with E-state index in [1.165, 1.54) is 4.68 Å². The van der Waals surface area contributed by atoms with E-state index in [-0.39, 0.29) is 5.78 Å². The van der Waals surface area contributed by atoms with Gasteiger partial charge in [-0.25, -0.2) is 4.79 Å². The molecule has 1 aliphatic carbocycles. The van der Waals surface area contributed by atoms with Crippen LogP contribution in [-0.4, -0.2) is 28.1 Å². The molecule has 1 heterocycles. The van der Waals surface area contributed by atoms with Crippen LogP contribution >= 0.6 is 0 Å². The molecule has 0 bridgehead atoms. The number of aromatic nitrogens is 2. The van der Waals surface area contributed by atoms with E-state index < -0.39 is 5.97 Å². The molecule has 0 aliphatic heterocycles. The first-order valence-electron chi connectivity index (χ1n) is 5.91. The third-order valence-electron chi connectivity index (χ3n) is 2.96. The summed E-state index contributed by atoms with van der Waals surface area (Å²) in [6.45, 7) is 2.09. The molecule has 17 heavy (non-hydrogen) atoms. The summed E-state index contributed by atoms with van der Waals surface area (Å²) in [7, 11) is 1.67. The minimum atomic E-state index is -0.390. The lowest BCUT2D eigenvalue weighted by molar-refractivity contribution is 0.0512. The second-order valence-corrected chi connectivity index (χ2v) is 4.15. The van der Waals surface area contributed by atoms with Gasteiger partial charge in [-0.1, -0.05) is 0 Å². The van der Waals surface area contributed by atoms with Crippen molar-refractivity contribution in [3.8, 4) is 0 Å². The average Bonchev–Trinajstić information content (AvgIpc) is 2.52. The summed E-state index contributed by atoms with van der Waals surface area (Å²) in [6.07, 6.45) is 3.02. The third kappa shape index (κ3) is 2.09. The molecule has 92 valence electrons. The highest BCUT2D eigenvalue weighted by Crippen LogP contribution is 2.23. The largest absolute Gasteiger partial charge is 0.461 e. The first-order chi connectivity index (χ1) is 8.15. The van der Waals surface area contributed by atoms with Crippen LogP contribution < -0.4 is 0 Å². The number of carbonyl (C=O) groups is 2. The highest BCUT2D eigenvalue weighted by atomic mass is 16.5. The van der Waals surface area contributed by atoms with Gasteiger partial charge in [0.25, 0.3) is 0 Å². The first-order valence-corrected chi connectivity index (χ1v) is 5.91. The Hall–Kier alpha value is -1.65. The monoisotopic (exact) mass is 236 g/mol.